The SMILES string of the molecule is CCCn1c(SCC(=O)OCC(=O)NCc2ccc(F)cc2)nc2ccccc21. The van der Waals surface area contributed by atoms with Gasteiger partial charge in [0.15, 0.2) is 11.8 Å². The van der Waals surface area contributed by atoms with Crippen molar-refractivity contribution in [3.63, 3.8) is 0 Å². The maximum Gasteiger partial charge on any atom is 0.316 e. The van der Waals surface area contributed by atoms with E-state index < -0.39 is 11.9 Å². The first-order chi connectivity index (χ1) is 14.1. The molecule has 6 nitrogen and oxygen atoms in total. The second-order valence-electron chi connectivity index (χ2n) is 6.39. The number of rotatable bonds is 9. The van der Waals surface area contributed by atoms with E-state index in [2.05, 4.69) is 21.8 Å². The van der Waals surface area contributed by atoms with E-state index in [1.165, 1.54) is 23.9 Å². The minimum absolute atomic E-state index is 0.0677. The van der Waals surface area contributed by atoms with Gasteiger partial charge in [-0.1, -0.05) is 43.0 Å². The number of nitrogens with zero attached hydrogens (tertiary/aromatic N) is 2. The summed E-state index contributed by atoms with van der Waals surface area (Å²) in [5, 5.41) is 3.38. The molecule has 152 valence electrons. The Balaban J connectivity index is 1.46. The number of aryl methyl sites for hydroxylation is 1. The van der Waals surface area contributed by atoms with Crippen LogP contribution in [0.25, 0.3) is 11.0 Å². The summed E-state index contributed by atoms with van der Waals surface area (Å²) >= 11 is 1.29. The van der Waals surface area contributed by atoms with Crippen molar-refractivity contribution in [3.05, 3.63) is 59.9 Å². The van der Waals surface area contributed by atoms with Crippen LogP contribution in [0.4, 0.5) is 4.39 Å². The van der Waals surface area contributed by atoms with Crippen molar-refractivity contribution < 1.29 is 18.7 Å². The van der Waals surface area contributed by atoms with Gasteiger partial charge in [0.05, 0.1) is 16.8 Å². The van der Waals surface area contributed by atoms with Gasteiger partial charge in [0.2, 0.25) is 0 Å². The number of para-hydroxylation sites is 2. The molecule has 8 heteroatoms. The largest absolute Gasteiger partial charge is 0.455 e. The lowest BCUT2D eigenvalue weighted by molar-refractivity contribution is -0.145. The third-order valence-corrected chi connectivity index (χ3v) is 5.10. The first-order valence-electron chi connectivity index (χ1n) is 9.31. The molecule has 29 heavy (non-hydrogen) atoms. The monoisotopic (exact) mass is 415 g/mol. The molecule has 0 bridgehead atoms. The maximum absolute atomic E-state index is 12.9. The number of benzene rings is 2. The van der Waals surface area contributed by atoms with E-state index >= 15 is 0 Å². The van der Waals surface area contributed by atoms with E-state index in [0.717, 1.165) is 34.7 Å². The molecule has 3 aromatic rings. The number of nitrogens with one attached hydrogen (secondary N) is 1. The number of fused-ring (bicyclic) bond motifs is 1. The van der Waals surface area contributed by atoms with Crippen LogP contribution in [0.15, 0.2) is 53.7 Å². The van der Waals surface area contributed by atoms with Gasteiger partial charge in [-0.2, -0.15) is 0 Å². The number of esters is 1. The van der Waals surface area contributed by atoms with Crippen molar-refractivity contribution in [2.24, 2.45) is 0 Å². The first kappa shape index (κ1) is 20.9. The second kappa shape index (κ2) is 10.1. The standard InChI is InChI=1S/C21H22FN3O3S/c1-2-11-25-18-6-4-3-5-17(18)24-21(25)29-14-20(27)28-13-19(26)23-12-15-7-9-16(22)10-8-15/h3-10H,2,11-14H2,1H3,(H,23,26). The molecular weight excluding hydrogens is 393 g/mol. The van der Waals surface area contributed by atoms with Gasteiger partial charge < -0.3 is 14.6 Å². The smallest absolute Gasteiger partial charge is 0.316 e. The normalized spacial score (nSPS) is 10.8. The highest BCUT2D eigenvalue weighted by molar-refractivity contribution is 7.99. The zero-order chi connectivity index (χ0) is 20.6. The van der Waals surface area contributed by atoms with Crippen LogP contribution in [0.3, 0.4) is 0 Å². The summed E-state index contributed by atoms with van der Waals surface area (Å²) in [7, 11) is 0. The first-order valence-corrected chi connectivity index (χ1v) is 10.3. The van der Waals surface area contributed by atoms with Gasteiger partial charge in [0.25, 0.3) is 5.91 Å². The summed E-state index contributed by atoms with van der Waals surface area (Å²) < 4.78 is 20.0. The van der Waals surface area contributed by atoms with Gasteiger partial charge in [-0.15, -0.1) is 0 Å². The van der Waals surface area contributed by atoms with Gasteiger partial charge in [-0.05, 0) is 36.2 Å². The molecule has 0 unspecified atom stereocenters. The molecule has 3 rings (SSSR count). The number of aromatic nitrogens is 2. The fraction of sp³-hybridized carbons (Fsp3) is 0.286. The molecule has 0 aliphatic carbocycles. The van der Waals surface area contributed by atoms with E-state index in [0.29, 0.717) is 0 Å². The van der Waals surface area contributed by atoms with Crippen molar-refractivity contribution in [2.75, 3.05) is 12.4 Å². The molecule has 0 atom stereocenters. The Hall–Kier alpha value is -2.87. The highest BCUT2D eigenvalue weighted by Crippen LogP contribution is 2.24. The van der Waals surface area contributed by atoms with Crippen LogP contribution in [-0.4, -0.2) is 33.8 Å². The summed E-state index contributed by atoms with van der Waals surface area (Å²) in [6.07, 6.45) is 0.951. The molecule has 0 radical (unpaired) electrons. The number of imidazole rings is 1. The van der Waals surface area contributed by atoms with Gasteiger partial charge in [0.1, 0.15) is 5.82 Å². The summed E-state index contributed by atoms with van der Waals surface area (Å²) in [5.74, 6) is -1.16. The zero-order valence-electron chi connectivity index (χ0n) is 16.1. The molecule has 1 N–H and O–H groups in total. The lowest BCUT2D eigenvalue weighted by atomic mass is 10.2. The Morgan fingerprint density at radius 3 is 2.69 bits per heavy atom. The van der Waals surface area contributed by atoms with Gasteiger partial charge in [-0.25, -0.2) is 9.37 Å². The van der Waals surface area contributed by atoms with Gasteiger partial charge in [0, 0.05) is 13.1 Å². The molecule has 2 aromatic carbocycles. The Kier molecular flexibility index (Phi) is 7.24. The van der Waals surface area contributed by atoms with Crippen LogP contribution in [-0.2, 0) is 27.4 Å². The van der Waals surface area contributed by atoms with E-state index in [1.54, 1.807) is 12.1 Å². The summed E-state index contributed by atoms with van der Waals surface area (Å²) in [5.41, 5.74) is 2.68. The third kappa shape index (κ3) is 5.80. The van der Waals surface area contributed by atoms with E-state index in [-0.39, 0.29) is 24.7 Å². The highest BCUT2D eigenvalue weighted by Gasteiger charge is 2.14. The Bertz CT molecular complexity index is 989. The minimum Gasteiger partial charge on any atom is -0.455 e. The van der Waals surface area contributed by atoms with Crippen LogP contribution >= 0.6 is 11.8 Å². The number of hydrogen-bond acceptors (Lipinski definition) is 5. The van der Waals surface area contributed by atoms with E-state index in [1.807, 2.05) is 24.3 Å². The molecule has 0 aliphatic rings. The zero-order valence-corrected chi connectivity index (χ0v) is 16.9. The summed E-state index contributed by atoms with van der Waals surface area (Å²) in [6.45, 7) is 2.78. The summed E-state index contributed by atoms with van der Waals surface area (Å²) in [4.78, 5) is 28.4. The number of halogens is 1. The fourth-order valence-electron chi connectivity index (χ4n) is 2.77. The van der Waals surface area contributed by atoms with E-state index in [4.69, 9.17) is 4.74 Å². The van der Waals surface area contributed by atoms with Crippen LogP contribution in [0.2, 0.25) is 0 Å². The minimum atomic E-state index is -0.484. The third-order valence-electron chi connectivity index (χ3n) is 4.15. The molecule has 0 spiro atoms. The molecule has 1 amide bonds. The van der Waals surface area contributed by atoms with Gasteiger partial charge >= 0.3 is 5.97 Å². The molecule has 0 saturated heterocycles. The van der Waals surface area contributed by atoms with Crippen LogP contribution in [0.1, 0.15) is 18.9 Å². The molecule has 0 fully saturated rings. The number of ether oxygens (including phenoxy) is 1. The molecule has 0 aliphatic heterocycles. The van der Waals surface area contributed by atoms with Crippen molar-refractivity contribution in [2.45, 2.75) is 31.6 Å². The average molecular weight is 415 g/mol. The number of amides is 1. The lowest BCUT2D eigenvalue weighted by Crippen LogP contribution is -2.28. The predicted molar refractivity (Wildman–Crippen MR) is 110 cm³/mol. The van der Waals surface area contributed by atoms with Crippen molar-refractivity contribution in [1.29, 1.82) is 0 Å². The molecule has 0 saturated carbocycles. The van der Waals surface area contributed by atoms with Crippen molar-refractivity contribution in [1.82, 2.24) is 14.9 Å². The Morgan fingerprint density at radius 1 is 1.17 bits per heavy atom. The van der Waals surface area contributed by atoms with Crippen LogP contribution in [0, 0.1) is 5.82 Å². The predicted octanol–water partition coefficient (Wildman–Crippen LogP) is 3.54. The Labute approximate surface area is 172 Å². The average Bonchev–Trinajstić information content (AvgIpc) is 3.08. The topological polar surface area (TPSA) is 73.2 Å². The maximum atomic E-state index is 12.9. The Morgan fingerprint density at radius 2 is 1.93 bits per heavy atom. The second-order valence-corrected chi connectivity index (χ2v) is 7.33. The van der Waals surface area contributed by atoms with Crippen molar-refractivity contribution >= 4 is 34.7 Å². The van der Waals surface area contributed by atoms with Crippen LogP contribution < -0.4 is 5.32 Å². The number of hydrogen-bond donors (Lipinski definition) is 1. The molecule has 1 heterocycles. The number of carbonyl (C=O) groups is 2. The highest BCUT2D eigenvalue weighted by atomic mass is 32.2. The quantitative estimate of drug-likeness (QED) is 0.428. The molecular formula is C21H22FN3O3S. The number of carbonyl (C=O) groups excluding carboxylic acids is 2. The molecule has 1 aromatic heterocycles. The van der Waals surface area contributed by atoms with Crippen LogP contribution in [0.5, 0.6) is 0 Å². The van der Waals surface area contributed by atoms with Crippen molar-refractivity contribution in [3.8, 4) is 0 Å². The fourth-order valence-corrected chi connectivity index (χ4v) is 3.61. The lowest BCUT2D eigenvalue weighted by Gasteiger charge is -2.08. The van der Waals surface area contributed by atoms with Gasteiger partial charge in [-0.3, -0.25) is 9.59 Å². The number of thioether (sulfide) groups is 1. The van der Waals surface area contributed by atoms with E-state index in [9.17, 15) is 14.0 Å². The summed E-state index contributed by atoms with van der Waals surface area (Å²) in [6, 6.07) is 13.7.